The topological polar surface area (TPSA) is 72.9 Å². The number of carboxylic acid groups (broad SMARTS) is 1. The molecule has 0 spiro atoms. The van der Waals surface area contributed by atoms with Gasteiger partial charge in [-0.25, -0.2) is 9.78 Å². The highest BCUT2D eigenvalue weighted by molar-refractivity contribution is 6.01. The van der Waals surface area contributed by atoms with Crippen LogP contribution in [0.4, 0.5) is 0 Å². The van der Waals surface area contributed by atoms with Crippen LogP contribution in [0, 0.1) is 0 Å². The van der Waals surface area contributed by atoms with Gasteiger partial charge in [0.1, 0.15) is 5.82 Å². The number of carboxylic acids is 1. The smallest absolute Gasteiger partial charge is 0.337 e. The highest BCUT2D eigenvalue weighted by Crippen LogP contribution is 2.22. The van der Waals surface area contributed by atoms with Crippen molar-refractivity contribution < 1.29 is 9.90 Å². The van der Waals surface area contributed by atoms with E-state index < -0.39 is 5.97 Å². The van der Waals surface area contributed by atoms with Crippen molar-refractivity contribution in [3.05, 3.63) is 47.5 Å². The number of aromatic carboxylic acids is 1. The summed E-state index contributed by atoms with van der Waals surface area (Å²) in [4.78, 5) is 16.0. The number of hydrogen-bond acceptors (Lipinski definition) is 3. The van der Waals surface area contributed by atoms with Crippen LogP contribution in [0.1, 0.15) is 28.8 Å². The Morgan fingerprint density at radius 2 is 2.14 bits per heavy atom. The first kappa shape index (κ1) is 13.4. The number of imidazole rings is 1. The summed E-state index contributed by atoms with van der Waals surface area (Å²) in [5.41, 5.74) is 2.67. The maximum absolute atomic E-state index is 11.5. The molecule has 0 saturated carbocycles. The Hall–Kier alpha value is -2.63. The number of para-hydroxylation sites is 1. The molecule has 1 aromatic carbocycles. The number of nitrogens with zero attached hydrogens (tertiary/aromatic N) is 4. The van der Waals surface area contributed by atoms with E-state index in [4.69, 9.17) is 0 Å². The Kier molecular flexibility index (Phi) is 3.21. The Morgan fingerprint density at radius 1 is 1.33 bits per heavy atom. The van der Waals surface area contributed by atoms with Crippen LogP contribution in [0.15, 0.2) is 30.5 Å². The van der Waals surface area contributed by atoms with E-state index in [0.29, 0.717) is 17.6 Å². The molecular formula is C15H16N4O2. The molecule has 0 aliphatic heterocycles. The summed E-state index contributed by atoms with van der Waals surface area (Å²) >= 11 is 0. The Labute approximate surface area is 121 Å². The van der Waals surface area contributed by atoms with Crippen LogP contribution in [-0.4, -0.2) is 30.4 Å². The van der Waals surface area contributed by atoms with E-state index in [1.165, 1.54) is 0 Å². The van der Waals surface area contributed by atoms with E-state index in [9.17, 15) is 9.90 Å². The fraction of sp³-hybridized carbons (Fsp3) is 0.267. The van der Waals surface area contributed by atoms with E-state index >= 15 is 0 Å². The summed E-state index contributed by atoms with van der Waals surface area (Å²) in [5, 5.41) is 13.6. The molecule has 0 saturated heterocycles. The molecule has 0 amide bonds. The molecule has 2 aromatic heterocycles. The van der Waals surface area contributed by atoms with Gasteiger partial charge in [-0.1, -0.05) is 13.0 Å². The van der Waals surface area contributed by atoms with E-state index in [1.54, 1.807) is 23.0 Å². The predicted molar refractivity (Wildman–Crippen MR) is 78.4 cm³/mol. The van der Waals surface area contributed by atoms with E-state index in [1.807, 2.05) is 30.7 Å². The monoisotopic (exact) mass is 284 g/mol. The molecular weight excluding hydrogens is 268 g/mol. The third kappa shape index (κ3) is 2.18. The van der Waals surface area contributed by atoms with Gasteiger partial charge in [0.15, 0.2) is 0 Å². The molecule has 0 fully saturated rings. The van der Waals surface area contributed by atoms with Crippen LogP contribution in [-0.2, 0) is 20.0 Å². The summed E-state index contributed by atoms with van der Waals surface area (Å²) < 4.78 is 3.75. The zero-order chi connectivity index (χ0) is 15.0. The van der Waals surface area contributed by atoms with Crippen molar-refractivity contribution >= 4 is 17.0 Å². The van der Waals surface area contributed by atoms with Crippen LogP contribution in [0.2, 0.25) is 0 Å². The van der Waals surface area contributed by atoms with Crippen molar-refractivity contribution in [1.29, 1.82) is 0 Å². The molecule has 21 heavy (non-hydrogen) atoms. The third-order valence-corrected chi connectivity index (χ3v) is 3.63. The number of fused-ring (bicyclic) bond motifs is 1. The van der Waals surface area contributed by atoms with E-state index in [0.717, 1.165) is 17.9 Å². The molecule has 0 aliphatic rings. The van der Waals surface area contributed by atoms with Crippen molar-refractivity contribution in [2.45, 2.75) is 19.9 Å². The quantitative estimate of drug-likeness (QED) is 0.796. The number of rotatable bonds is 4. The summed E-state index contributed by atoms with van der Waals surface area (Å²) in [6.45, 7) is 2.57. The molecule has 0 unspecified atom stereocenters. The normalized spacial score (nSPS) is 11.1. The number of aromatic nitrogens is 4. The summed E-state index contributed by atoms with van der Waals surface area (Å²) in [5.74, 6) is -0.0608. The number of aryl methyl sites for hydroxylation is 2. The van der Waals surface area contributed by atoms with Crippen molar-refractivity contribution in [3.8, 4) is 0 Å². The zero-order valence-electron chi connectivity index (χ0n) is 11.9. The Balaban J connectivity index is 2.24. The molecule has 3 aromatic rings. The maximum atomic E-state index is 11.5. The van der Waals surface area contributed by atoms with Gasteiger partial charge in [0.25, 0.3) is 0 Å². The average molecular weight is 284 g/mol. The zero-order valence-corrected chi connectivity index (χ0v) is 11.9. The van der Waals surface area contributed by atoms with E-state index in [-0.39, 0.29) is 5.56 Å². The first-order valence-corrected chi connectivity index (χ1v) is 6.80. The molecule has 108 valence electrons. The molecule has 6 nitrogen and oxygen atoms in total. The van der Waals surface area contributed by atoms with Crippen LogP contribution in [0.5, 0.6) is 0 Å². The van der Waals surface area contributed by atoms with E-state index in [2.05, 4.69) is 10.1 Å². The minimum absolute atomic E-state index is 0.280. The van der Waals surface area contributed by atoms with Crippen LogP contribution < -0.4 is 0 Å². The second-order valence-electron chi connectivity index (χ2n) is 4.89. The Bertz CT molecular complexity index is 816. The van der Waals surface area contributed by atoms with Crippen LogP contribution in [0.3, 0.4) is 0 Å². The van der Waals surface area contributed by atoms with Gasteiger partial charge < -0.3 is 9.67 Å². The van der Waals surface area contributed by atoms with Gasteiger partial charge in [0.2, 0.25) is 0 Å². The lowest BCUT2D eigenvalue weighted by Gasteiger charge is -2.10. The fourth-order valence-electron chi connectivity index (χ4n) is 2.56. The second kappa shape index (κ2) is 5.05. The molecule has 0 atom stereocenters. The van der Waals surface area contributed by atoms with Gasteiger partial charge in [0, 0.05) is 19.7 Å². The van der Waals surface area contributed by atoms with Gasteiger partial charge in [-0.3, -0.25) is 4.68 Å². The highest BCUT2D eigenvalue weighted by atomic mass is 16.4. The van der Waals surface area contributed by atoms with Gasteiger partial charge in [-0.05, 0) is 18.2 Å². The molecule has 0 radical (unpaired) electrons. The fourth-order valence-corrected chi connectivity index (χ4v) is 2.56. The third-order valence-electron chi connectivity index (χ3n) is 3.63. The summed E-state index contributed by atoms with van der Waals surface area (Å²) in [6, 6.07) is 7.12. The van der Waals surface area contributed by atoms with Crippen molar-refractivity contribution in [2.24, 2.45) is 7.05 Å². The molecule has 2 heterocycles. The van der Waals surface area contributed by atoms with Gasteiger partial charge in [-0.15, -0.1) is 0 Å². The summed E-state index contributed by atoms with van der Waals surface area (Å²) in [7, 11) is 1.87. The highest BCUT2D eigenvalue weighted by Gasteiger charge is 2.17. The molecule has 3 rings (SSSR count). The van der Waals surface area contributed by atoms with Crippen LogP contribution in [0.25, 0.3) is 11.0 Å². The maximum Gasteiger partial charge on any atom is 0.337 e. The minimum Gasteiger partial charge on any atom is -0.478 e. The summed E-state index contributed by atoms with van der Waals surface area (Å²) in [6.07, 6.45) is 2.48. The lowest BCUT2D eigenvalue weighted by atomic mass is 10.2. The molecule has 6 heteroatoms. The molecule has 0 bridgehead atoms. The SMILES string of the molecule is CCc1nc2cccc(C(=O)O)c2n1Cc1ccnn1C. The first-order chi connectivity index (χ1) is 10.1. The molecule has 1 N–H and O–H groups in total. The lowest BCUT2D eigenvalue weighted by Crippen LogP contribution is -2.10. The average Bonchev–Trinajstić information content (AvgIpc) is 3.03. The van der Waals surface area contributed by atoms with Crippen molar-refractivity contribution in [2.75, 3.05) is 0 Å². The second-order valence-corrected chi connectivity index (χ2v) is 4.89. The lowest BCUT2D eigenvalue weighted by molar-refractivity contribution is 0.0698. The van der Waals surface area contributed by atoms with Gasteiger partial charge in [0.05, 0.1) is 28.8 Å². The van der Waals surface area contributed by atoms with Crippen molar-refractivity contribution in [1.82, 2.24) is 19.3 Å². The van der Waals surface area contributed by atoms with Crippen molar-refractivity contribution in [3.63, 3.8) is 0 Å². The van der Waals surface area contributed by atoms with Gasteiger partial charge in [-0.2, -0.15) is 5.10 Å². The predicted octanol–water partition coefficient (Wildman–Crippen LogP) is 2.08. The number of benzene rings is 1. The van der Waals surface area contributed by atoms with Gasteiger partial charge >= 0.3 is 5.97 Å². The largest absolute Gasteiger partial charge is 0.478 e. The number of carbonyl (C=O) groups is 1. The molecule has 0 aliphatic carbocycles. The van der Waals surface area contributed by atoms with Crippen LogP contribution >= 0.6 is 0 Å². The Morgan fingerprint density at radius 3 is 2.76 bits per heavy atom. The standard InChI is InChI=1S/C15H16N4O2/c1-3-13-17-12-6-4-5-11(15(20)21)14(12)19(13)9-10-7-8-16-18(10)2/h4-8H,3,9H2,1-2H3,(H,20,21). The number of hydrogen-bond donors (Lipinski definition) is 1. The minimum atomic E-state index is -0.936. The first-order valence-electron chi connectivity index (χ1n) is 6.80.